The van der Waals surface area contributed by atoms with E-state index in [0.717, 1.165) is 12.8 Å². The number of carbonyl (C=O) groups excluding carboxylic acids is 1. The molecule has 2 nitrogen and oxygen atoms in total. The minimum absolute atomic E-state index is 0.0445. The van der Waals surface area contributed by atoms with E-state index in [1.54, 1.807) is 0 Å². The van der Waals surface area contributed by atoms with Crippen LogP contribution in [-0.2, 0) is 9.53 Å². The first-order valence-electron chi connectivity index (χ1n) is 8.32. The molecule has 0 amide bonds. The van der Waals surface area contributed by atoms with E-state index < -0.39 is 0 Å². The van der Waals surface area contributed by atoms with Crippen LogP contribution < -0.4 is 0 Å². The largest absolute Gasteiger partial charge is 0.466 e. The monoisotopic (exact) mass is 284 g/mol. The maximum atomic E-state index is 11.2. The van der Waals surface area contributed by atoms with Gasteiger partial charge in [-0.2, -0.15) is 0 Å². The summed E-state index contributed by atoms with van der Waals surface area (Å²) in [7, 11) is 0. The normalized spacial score (nSPS) is 12.5. The average Bonchev–Trinajstić information content (AvgIpc) is 2.26. The van der Waals surface area contributed by atoms with Crippen molar-refractivity contribution >= 4 is 5.97 Å². The standard InChI is InChI=1S/C18H36O2/c1-7-20-16(19)12-9-8-10-14-18(5,6)15-11-13-17(2,3)4/h7-15H2,1-6H3. The third kappa shape index (κ3) is 12.5. The Morgan fingerprint density at radius 1 is 0.850 bits per heavy atom. The molecule has 0 saturated heterocycles. The van der Waals surface area contributed by atoms with Crippen LogP contribution in [0.4, 0.5) is 0 Å². The summed E-state index contributed by atoms with van der Waals surface area (Å²) in [5.74, 6) is -0.0445. The van der Waals surface area contributed by atoms with E-state index in [9.17, 15) is 4.79 Å². The van der Waals surface area contributed by atoms with Gasteiger partial charge >= 0.3 is 5.97 Å². The highest BCUT2D eigenvalue weighted by molar-refractivity contribution is 5.69. The minimum Gasteiger partial charge on any atom is -0.466 e. The van der Waals surface area contributed by atoms with Crippen molar-refractivity contribution < 1.29 is 9.53 Å². The van der Waals surface area contributed by atoms with Gasteiger partial charge in [-0.15, -0.1) is 0 Å². The molecule has 0 atom stereocenters. The Hall–Kier alpha value is -0.530. The van der Waals surface area contributed by atoms with Crippen molar-refractivity contribution in [3.05, 3.63) is 0 Å². The van der Waals surface area contributed by atoms with Crippen LogP contribution in [0.25, 0.3) is 0 Å². The molecule has 0 spiro atoms. The fourth-order valence-corrected chi connectivity index (χ4v) is 2.51. The Balaban J connectivity index is 3.64. The smallest absolute Gasteiger partial charge is 0.305 e. The van der Waals surface area contributed by atoms with Crippen molar-refractivity contribution in [2.24, 2.45) is 10.8 Å². The Bertz CT molecular complexity index is 261. The molecule has 0 aromatic heterocycles. The summed E-state index contributed by atoms with van der Waals surface area (Å²) < 4.78 is 4.94. The fraction of sp³-hybridized carbons (Fsp3) is 0.944. The highest BCUT2D eigenvalue weighted by atomic mass is 16.5. The van der Waals surface area contributed by atoms with Crippen LogP contribution in [0.3, 0.4) is 0 Å². The van der Waals surface area contributed by atoms with Crippen LogP contribution in [0.15, 0.2) is 0 Å². The predicted octanol–water partition coefficient (Wildman–Crippen LogP) is 5.74. The van der Waals surface area contributed by atoms with E-state index in [1.807, 2.05) is 6.92 Å². The molecule has 0 rings (SSSR count). The van der Waals surface area contributed by atoms with Crippen molar-refractivity contribution in [3.63, 3.8) is 0 Å². The van der Waals surface area contributed by atoms with Crippen LogP contribution in [0.1, 0.15) is 92.9 Å². The van der Waals surface area contributed by atoms with Crippen molar-refractivity contribution in [1.29, 1.82) is 0 Å². The van der Waals surface area contributed by atoms with Gasteiger partial charge in [0.2, 0.25) is 0 Å². The Labute approximate surface area is 126 Å². The summed E-state index contributed by atoms with van der Waals surface area (Å²) in [5.41, 5.74) is 0.894. The van der Waals surface area contributed by atoms with Gasteiger partial charge in [-0.3, -0.25) is 4.79 Å². The summed E-state index contributed by atoms with van der Waals surface area (Å²) in [6.07, 6.45) is 9.11. The molecule has 0 aliphatic carbocycles. The molecule has 0 unspecified atom stereocenters. The number of hydrogen-bond acceptors (Lipinski definition) is 2. The number of carbonyl (C=O) groups is 1. The third-order valence-corrected chi connectivity index (χ3v) is 3.82. The van der Waals surface area contributed by atoms with E-state index >= 15 is 0 Å². The van der Waals surface area contributed by atoms with Crippen molar-refractivity contribution in [2.75, 3.05) is 6.61 Å². The summed E-state index contributed by atoms with van der Waals surface area (Å²) >= 11 is 0. The molecule has 0 radical (unpaired) electrons. The molecule has 2 heteroatoms. The minimum atomic E-state index is -0.0445. The molecular weight excluding hydrogens is 248 g/mol. The summed E-state index contributed by atoms with van der Waals surface area (Å²) in [6, 6.07) is 0. The lowest BCUT2D eigenvalue weighted by atomic mass is 9.79. The molecule has 0 heterocycles. The van der Waals surface area contributed by atoms with Crippen LogP contribution >= 0.6 is 0 Å². The number of rotatable bonds is 10. The lowest BCUT2D eigenvalue weighted by Crippen LogP contribution is -2.13. The first-order chi connectivity index (χ1) is 9.16. The quantitative estimate of drug-likeness (QED) is 0.377. The second-order valence-electron chi connectivity index (χ2n) is 7.94. The number of ether oxygens (including phenoxy) is 1. The first kappa shape index (κ1) is 19.5. The summed E-state index contributed by atoms with van der Waals surface area (Å²) in [4.78, 5) is 11.2. The third-order valence-electron chi connectivity index (χ3n) is 3.82. The highest BCUT2D eigenvalue weighted by Gasteiger charge is 2.19. The van der Waals surface area contributed by atoms with Gasteiger partial charge in [0.05, 0.1) is 6.61 Å². The van der Waals surface area contributed by atoms with Crippen molar-refractivity contribution in [2.45, 2.75) is 92.9 Å². The zero-order valence-corrected chi connectivity index (χ0v) is 14.7. The Kier molecular flexibility index (Phi) is 9.16. The molecule has 0 fully saturated rings. The molecule has 120 valence electrons. The van der Waals surface area contributed by atoms with Crippen LogP contribution in [0.5, 0.6) is 0 Å². The van der Waals surface area contributed by atoms with Gasteiger partial charge in [0.25, 0.3) is 0 Å². The van der Waals surface area contributed by atoms with E-state index in [-0.39, 0.29) is 5.97 Å². The molecule has 0 aromatic rings. The molecule has 0 bridgehead atoms. The van der Waals surface area contributed by atoms with Crippen molar-refractivity contribution in [3.8, 4) is 0 Å². The highest BCUT2D eigenvalue weighted by Crippen LogP contribution is 2.32. The SMILES string of the molecule is CCOC(=O)CCCCCC(C)(C)CCCC(C)(C)C. The molecule has 0 aliphatic rings. The van der Waals surface area contributed by atoms with Crippen LogP contribution in [-0.4, -0.2) is 12.6 Å². The van der Waals surface area contributed by atoms with Crippen LogP contribution in [0.2, 0.25) is 0 Å². The molecule has 0 N–H and O–H groups in total. The number of unbranched alkanes of at least 4 members (excludes halogenated alkanes) is 2. The molecule has 0 saturated carbocycles. The van der Waals surface area contributed by atoms with E-state index in [4.69, 9.17) is 4.74 Å². The molecular formula is C18H36O2. The fourth-order valence-electron chi connectivity index (χ4n) is 2.51. The van der Waals surface area contributed by atoms with Gasteiger partial charge < -0.3 is 4.74 Å². The van der Waals surface area contributed by atoms with Gasteiger partial charge in [-0.25, -0.2) is 0 Å². The van der Waals surface area contributed by atoms with Crippen molar-refractivity contribution in [1.82, 2.24) is 0 Å². The Morgan fingerprint density at radius 3 is 2.00 bits per heavy atom. The number of esters is 1. The van der Waals surface area contributed by atoms with Gasteiger partial charge in [0, 0.05) is 6.42 Å². The summed E-state index contributed by atoms with van der Waals surface area (Å²) in [6.45, 7) is 14.1. The second-order valence-corrected chi connectivity index (χ2v) is 7.94. The van der Waals surface area contributed by atoms with E-state index in [2.05, 4.69) is 34.6 Å². The second kappa shape index (κ2) is 9.41. The van der Waals surface area contributed by atoms with Gasteiger partial charge in [-0.05, 0) is 43.4 Å². The van der Waals surface area contributed by atoms with Gasteiger partial charge in [0.1, 0.15) is 0 Å². The molecule has 0 aliphatic heterocycles. The van der Waals surface area contributed by atoms with Gasteiger partial charge in [-0.1, -0.05) is 53.9 Å². The lowest BCUT2D eigenvalue weighted by molar-refractivity contribution is -0.143. The molecule has 20 heavy (non-hydrogen) atoms. The predicted molar refractivity (Wildman–Crippen MR) is 86.8 cm³/mol. The average molecular weight is 284 g/mol. The van der Waals surface area contributed by atoms with Crippen LogP contribution in [0, 0.1) is 10.8 Å². The van der Waals surface area contributed by atoms with E-state index in [0.29, 0.717) is 23.9 Å². The zero-order valence-electron chi connectivity index (χ0n) is 14.7. The topological polar surface area (TPSA) is 26.3 Å². The summed E-state index contributed by atoms with van der Waals surface area (Å²) in [5, 5.41) is 0. The van der Waals surface area contributed by atoms with Gasteiger partial charge in [0.15, 0.2) is 0 Å². The van der Waals surface area contributed by atoms with E-state index in [1.165, 1.54) is 32.1 Å². The maximum Gasteiger partial charge on any atom is 0.305 e. The molecule has 0 aromatic carbocycles. The zero-order chi connectivity index (χ0) is 15.6. The lowest BCUT2D eigenvalue weighted by Gasteiger charge is -2.27. The Morgan fingerprint density at radius 2 is 1.45 bits per heavy atom. The first-order valence-corrected chi connectivity index (χ1v) is 8.32. The maximum absolute atomic E-state index is 11.2. The number of hydrogen-bond donors (Lipinski definition) is 0.